The van der Waals surface area contributed by atoms with Gasteiger partial charge < -0.3 is 9.79 Å². The second kappa shape index (κ2) is 11.1. The van der Waals surface area contributed by atoms with E-state index in [-0.39, 0.29) is 0 Å². The van der Waals surface area contributed by atoms with Crippen molar-refractivity contribution in [1.82, 2.24) is 0 Å². The van der Waals surface area contributed by atoms with Crippen molar-refractivity contribution in [2.45, 2.75) is 83.7 Å². The van der Waals surface area contributed by atoms with Gasteiger partial charge in [0.15, 0.2) is 0 Å². The molecule has 2 aromatic carbocycles. The minimum Gasteiger partial charge on any atom is -0.324 e. The van der Waals surface area contributed by atoms with E-state index in [1.807, 2.05) is 24.3 Å². The Morgan fingerprint density at radius 1 is 0.862 bits per heavy atom. The number of benzene rings is 2. The number of allylic oxidation sites excluding steroid dienone is 1. The first-order valence-corrected chi connectivity index (χ1v) is 12.6. The van der Waals surface area contributed by atoms with E-state index in [1.54, 1.807) is 13.8 Å². The summed E-state index contributed by atoms with van der Waals surface area (Å²) < 4.78 is 11.8. The standard InChI is InChI=1S/C25H37O3P/c1-4-5-6-7-8-9-10-11-12-13-14-21-15-16-23-20-24(18-17-22(23)19-21)25(2,3)29(26,27)28/h13-20H,4-12H2,1-3H3,(H2,26,27,28). The topological polar surface area (TPSA) is 57.5 Å². The molecule has 0 aliphatic rings. The van der Waals surface area contributed by atoms with Crippen LogP contribution < -0.4 is 0 Å². The number of fused-ring (bicyclic) bond motifs is 1. The van der Waals surface area contributed by atoms with Crippen LogP contribution in [0.1, 0.15) is 89.7 Å². The molecule has 0 aromatic heterocycles. The van der Waals surface area contributed by atoms with Crippen LogP contribution in [0.4, 0.5) is 0 Å². The first-order chi connectivity index (χ1) is 13.8. The summed E-state index contributed by atoms with van der Waals surface area (Å²) in [5.74, 6) is 0. The summed E-state index contributed by atoms with van der Waals surface area (Å²) in [7, 11) is -4.22. The van der Waals surface area contributed by atoms with Crippen molar-refractivity contribution < 1.29 is 14.4 Å². The van der Waals surface area contributed by atoms with E-state index in [0.717, 1.165) is 17.2 Å². The van der Waals surface area contributed by atoms with Crippen molar-refractivity contribution in [3.8, 4) is 0 Å². The minimum atomic E-state index is -4.22. The lowest BCUT2D eigenvalue weighted by Crippen LogP contribution is -2.17. The molecule has 0 saturated heterocycles. The zero-order valence-electron chi connectivity index (χ0n) is 18.2. The van der Waals surface area contributed by atoms with Gasteiger partial charge in [-0.3, -0.25) is 4.57 Å². The Morgan fingerprint density at radius 3 is 2.10 bits per heavy atom. The number of unbranched alkanes of at least 4 members (excludes halogenated alkanes) is 8. The molecule has 2 aromatic rings. The van der Waals surface area contributed by atoms with Crippen LogP contribution in [0.2, 0.25) is 0 Å². The summed E-state index contributed by atoms with van der Waals surface area (Å²) in [6.07, 6.45) is 16.3. The fourth-order valence-electron chi connectivity index (χ4n) is 3.53. The van der Waals surface area contributed by atoms with Crippen LogP contribution in [0.5, 0.6) is 0 Å². The van der Waals surface area contributed by atoms with Gasteiger partial charge in [-0.1, -0.05) is 88.3 Å². The molecule has 0 spiro atoms. The van der Waals surface area contributed by atoms with E-state index in [0.29, 0.717) is 5.56 Å². The molecule has 0 fully saturated rings. The van der Waals surface area contributed by atoms with Gasteiger partial charge in [0.2, 0.25) is 0 Å². The lowest BCUT2D eigenvalue weighted by Gasteiger charge is -2.26. The number of hydrogen-bond acceptors (Lipinski definition) is 1. The highest BCUT2D eigenvalue weighted by Gasteiger charge is 2.39. The predicted octanol–water partition coefficient (Wildman–Crippen LogP) is 7.80. The van der Waals surface area contributed by atoms with Crippen LogP contribution in [0.25, 0.3) is 16.8 Å². The zero-order chi connectivity index (χ0) is 21.3. The fourth-order valence-corrected chi connectivity index (χ4v) is 4.01. The molecule has 29 heavy (non-hydrogen) atoms. The maximum atomic E-state index is 11.8. The van der Waals surface area contributed by atoms with Gasteiger partial charge in [0.1, 0.15) is 0 Å². The van der Waals surface area contributed by atoms with Crippen molar-refractivity contribution in [1.29, 1.82) is 0 Å². The average molecular weight is 417 g/mol. The number of hydrogen-bond donors (Lipinski definition) is 2. The fraction of sp³-hybridized carbons (Fsp3) is 0.520. The summed E-state index contributed by atoms with van der Waals surface area (Å²) in [5.41, 5.74) is 1.83. The molecule has 2 N–H and O–H groups in total. The Labute approximate surface area is 176 Å². The molecule has 0 bridgehead atoms. The molecule has 2 rings (SSSR count). The van der Waals surface area contributed by atoms with Gasteiger partial charge >= 0.3 is 7.60 Å². The van der Waals surface area contributed by atoms with Gasteiger partial charge in [-0.2, -0.15) is 0 Å². The van der Waals surface area contributed by atoms with Gasteiger partial charge in [0.05, 0.1) is 5.16 Å². The van der Waals surface area contributed by atoms with Crippen molar-refractivity contribution >= 4 is 24.4 Å². The average Bonchev–Trinajstić information content (AvgIpc) is 2.68. The summed E-state index contributed by atoms with van der Waals surface area (Å²) in [6.45, 7) is 5.45. The number of rotatable bonds is 12. The summed E-state index contributed by atoms with van der Waals surface area (Å²) in [6, 6.07) is 11.9. The maximum Gasteiger partial charge on any atom is 0.335 e. The molecular formula is C25H37O3P. The van der Waals surface area contributed by atoms with Crippen LogP contribution in [0, 0.1) is 0 Å². The van der Waals surface area contributed by atoms with Crippen molar-refractivity contribution in [3.05, 3.63) is 53.6 Å². The summed E-state index contributed by atoms with van der Waals surface area (Å²) in [4.78, 5) is 19.3. The normalized spacial score (nSPS) is 12.9. The van der Waals surface area contributed by atoms with E-state index in [1.165, 1.54) is 56.9 Å². The molecule has 160 valence electrons. The van der Waals surface area contributed by atoms with Crippen molar-refractivity contribution in [3.63, 3.8) is 0 Å². The lowest BCUT2D eigenvalue weighted by atomic mass is 9.97. The minimum absolute atomic E-state index is 0.663. The van der Waals surface area contributed by atoms with E-state index >= 15 is 0 Å². The molecule has 3 nitrogen and oxygen atoms in total. The zero-order valence-corrected chi connectivity index (χ0v) is 19.1. The van der Waals surface area contributed by atoms with Crippen LogP contribution in [-0.4, -0.2) is 9.79 Å². The predicted molar refractivity (Wildman–Crippen MR) is 125 cm³/mol. The van der Waals surface area contributed by atoms with Crippen LogP contribution >= 0.6 is 7.60 Å². The summed E-state index contributed by atoms with van der Waals surface area (Å²) >= 11 is 0. The molecule has 0 unspecified atom stereocenters. The Kier molecular flexibility index (Phi) is 9.14. The van der Waals surface area contributed by atoms with Crippen LogP contribution in [-0.2, 0) is 9.72 Å². The first-order valence-electron chi connectivity index (χ1n) is 11.0. The van der Waals surface area contributed by atoms with E-state index < -0.39 is 12.8 Å². The molecule has 0 saturated carbocycles. The van der Waals surface area contributed by atoms with Crippen molar-refractivity contribution in [2.24, 2.45) is 0 Å². The molecule has 0 radical (unpaired) electrons. The molecular weight excluding hydrogens is 379 g/mol. The largest absolute Gasteiger partial charge is 0.335 e. The third kappa shape index (κ3) is 7.10. The molecule has 0 aliphatic carbocycles. The quantitative estimate of drug-likeness (QED) is 0.274. The maximum absolute atomic E-state index is 11.8. The summed E-state index contributed by atoms with van der Waals surface area (Å²) in [5, 5.41) is 0.907. The molecule has 0 atom stereocenters. The molecule has 0 amide bonds. The third-order valence-electron chi connectivity index (χ3n) is 5.83. The Hall–Kier alpha value is -1.41. The highest BCUT2D eigenvalue weighted by atomic mass is 31.2. The van der Waals surface area contributed by atoms with Gasteiger partial charge in [-0.25, -0.2) is 0 Å². The molecule has 4 heteroatoms. The second-order valence-electron chi connectivity index (χ2n) is 8.59. The van der Waals surface area contributed by atoms with Gasteiger partial charge in [-0.15, -0.1) is 0 Å². The van der Waals surface area contributed by atoms with Crippen molar-refractivity contribution in [2.75, 3.05) is 0 Å². The smallest absolute Gasteiger partial charge is 0.324 e. The van der Waals surface area contributed by atoms with E-state index in [9.17, 15) is 14.4 Å². The second-order valence-corrected chi connectivity index (χ2v) is 10.8. The Balaban J connectivity index is 1.88. The van der Waals surface area contributed by atoms with Gasteiger partial charge in [-0.05, 0) is 60.7 Å². The molecule has 0 aliphatic heterocycles. The highest BCUT2D eigenvalue weighted by Crippen LogP contribution is 2.56. The monoisotopic (exact) mass is 416 g/mol. The Bertz CT molecular complexity index is 848. The lowest BCUT2D eigenvalue weighted by molar-refractivity contribution is 0.338. The third-order valence-corrected chi connectivity index (χ3v) is 7.55. The van der Waals surface area contributed by atoms with Gasteiger partial charge in [0.25, 0.3) is 0 Å². The Morgan fingerprint density at radius 2 is 1.45 bits per heavy atom. The molecule has 0 heterocycles. The van der Waals surface area contributed by atoms with E-state index in [2.05, 4.69) is 31.2 Å². The first kappa shape index (κ1) is 23.9. The van der Waals surface area contributed by atoms with Crippen LogP contribution in [0.3, 0.4) is 0 Å². The van der Waals surface area contributed by atoms with Crippen LogP contribution in [0.15, 0.2) is 42.5 Å². The van der Waals surface area contributed by atoms with Gasteiger partial charge in [0, 0.05) is 0 Å². The SMILES string of the molecule is CCCCCCCCCCC=Cc1ccc2cc(C(C)(C)P(=O)(O)O)ccc2c1. The van der Waals surface area contributed by atoms with E-state index in [4.69, 9.17) is 0 Å². The highest BCUT2D eigenvalue weighted by molar-refractivity contribution is 7.53.